The van der Waals surface area contributed by atoms with Crippen LogP contribution in [0.5, 0.6) is 5.75 Å². The number of aryl methyl sites for hydroxylation is 1. The Morgan fingerprint density at radius 1 is 1.20 bits per heavy atom. The molecule has 1 amide bonds. The second-order valence-electron chi connectivity index (χ2n) is 7.32. The van der Waals surface area contributed by atoms with E-state index in [4.69, 9.17) is 21.6 Å². The van der Waals surface area contributed by atoms with Gasteiger partial charge in [0.1, 0.15) is 5.75 Å². The Balaban J connectivity index is 1.65. The molecule has 30 heavy (non-hydrogen) atoms. The van der Waals surface area contributed by atoms with E-state index in [-0.39, 0.29) is 12.3 Å². The van der Waals surface area contributed by atoms with Crippen LogP contribution in [0.3, 0.4) is 0 Å². The van der Waals surface area contributed by atoms with Gasteiger partial charge in [-0.1, -0.05) is 29.8 Å². The van der Waals surface area contributed by atoms with E-state index in [1.54, 1.807) is 12.0 Å². The zero-order valence-electron chi connectivity index (χ0n) is 17.5. The first kappa shape index (κ1) is 21.9. The molecule has 0 spiro atoms. The van der Waals surface area contributed by atoms with Crippen molar-refractivity contribution >= 4 is 28.9 Å². The summed E-state index contributed by atoms with van der Waals surface area (Å²) in [5, 5.41) is 9.76. The van der Waals surface area contributed by atoms with Gasteiger partial charge in [0.05, 0.1) is 31.8 Å². The summed E-state index contributed by atoms with van der Waals surface area (Å²) in [6.07, 6.45) is 0.269. The Morgan fingerprint density at radius 3 is 2.63 bits per heavy atom. The Labute approximate surface area is 183 Å². The SMILES string of the molecule is COc1ccccc1N(CCC#N)C(=O)CN1CCN(c2cc(Cl)ccc2C)CC1. The molecule has 0 aliphatic carbocycles. The summed E-state index contributed by atoms with van der Waals surface area (Å²) < 4.78 is 5.42. The van der Waals surface area contributed by atoms with Crippen LogP contribution in [-0.4, -0.2) is 57.2 Å². The summed E-state index contributed by atoms with van der Waals surface area (Å²) in [7, 11) is 1.59. The highest BCUT2D eigenvalue weighted by atomic mass is 35.5. The molecule has 1 aliphatic heterocycles. The number of anilines is 2. The van der Waals surface area contributed by atoms with Crippen LogP contribution in [-0.2, 0) is 4.79 Å². The summed E-state index contributed by atoms with van der Waals surface area (Å²) in [5.74, 6) is 0.604. The highest BCUT2D eigenvalue weighted by Crippen LogP contribution is 2.28. The van der Waals surface area contributed by atoms with Crippen molar-refractivity contribution in [2.75, 3.05) is 56.2 Å². The maximum atomic E-state index is 13.1. The number of para-hydroxylation sites is 2. The predicted octanol–water partition coefficient (Wildman–Crippen LogP) is 3.73. The van der Waals surface area contributed by atoms with Crippen LogP contribution < -0.4 is 14.5 Å². The van der Waals surface area contributed by atoms with Crippen LogP contribution in [0.25, 0.3) is 0 Å². The number of rotatable bonds is 7. The third-order valence-electron chi connectivity index (χ3n) is 5.37. The molecule has 2 aromatic carbocycles. The molecule has 0 saturated carbocycles. The largest absolute Gasteiger partial charge is 0.495 e. The topological polar surface area (TPSA) is 59.8 Å². The second-order valence-corrected chi connectivity index (χ2v) is 7.76. The number of nitriles is 1. The molecule has 0 N–H and O–H groups in total. The number of hydrogen-bond acceptors (Lipinski definition) is 5. The van der Waals surface area contributed by atoms with E-state index >= 15 is 0 Å². The molecule has 1 aliphatic rings. The van der Waals surface area contributed by atoms with Crippen molar-refractivity contribution in [3.8, 4) is 11.8 Å². The molecular weight excluding hydrogens is 400 g/mol. The van der Waals surface area contributed by atoms with Crippen molar-refractivity contribution in [2.24, 2.45) is 0 Å². The van der Waals surface area contributed by atoms with Gasteiger partial charge >= 0.3 is 0 Å². The minimum absolute atomic E-state index is 0.0258. The number of piperazine rings is 1. The molecule has 1 heterocycles. The highest BCUT2D eigenvalue weighted by molar-refractivity contribution is 6.30. The molecular formula is C23H27ClN4O2. The van der Waals surface area contributed by atoms with Crippen LogP contribution in [0.2, 0.25) is 5.02 Å². The third kappa shape index (κ3) is 5.24. The number of halogens is 1. The molecule has 3 rings (SSSR count). The Kier molecular flexibility index (Phi) is 7.56. The fourth-order valence-electron chi connectivity index (χ4n) is 3.74. The van der Waals surface area contributed by atoms with Crippen LogP contribution in [0, 0.1) is 18.3 Å². The van der Waals surface area contributed by atoms with E-state index in [1.165, 1.54) is 5.56 Å². The summed E-state index contributed by atoms with van der Waals surface area (Å²) in [4.78, 5) is 19.3. The Morgan fingerprint density at radius 2 is 1.93 bits per heavy atom. The maximum Gasteiger partial charge on any atom is 0.241 e. The van der Waals surface area contributed by atoms with Gasteiger partial charge in [-0.3, -0.25) is 9.69 Å². The standard InChI is InChI=1S/C23H27ClN4O2/c1-18-8-9-19(24)16-21(18)27-14-12-26(13-15-27)17-23(29)28(11-5-10-25)20-6-3-4-7-22(20)30-2/h3-4,6-9,16H,5,11-15,17H2,1-2H3. The van der Waals surface area contributed by atoms with E-state index in [9.17, 15) is 4.79 Å². The summed E-state index contributed by atoms with van der Waals surface area (Å²) >= 11 is 6.17. The lowest BCUT2D eigenvalue weighted by Crippen LogP contribution is -2.50. The van der Waals surface area contributed by atoms with Crippen molar-refractivity contribution in [2.45, 2.75) is 13.3 Å². The Bertz CT molecular complexity index is 920. The van der Waals surface area contributed by atoms with Crippen molar-refractivity contribution < 1.29 is 9.53 Å². The average molecular weight is 427 g/mol. The van der Waals surface area contributed by atoms with Gasteiger partial charge in [-0.15, -0.1) is 0 Å². The van der Waals surface area contributed by atoms with Crippen LogP contribution in [0.1, 0.15) is 12.0 Å². The summed E-state index contributed by atoms with van der Waals surface area (Å²) in [6, 6.07) is 15.5. The molecule has 1 saturated heterocycles. The van der Waals surface area contributed by atoms with Crippen LogP contribution >= 0.6 is 11.6 Å². The lowest BCUT2D eigenvalue weighted by Gasteiger charge is -2.37. The minimum atomic E-state index is -0.0258. The van der Waals surface area contributed by atoms with Crippen LogP contribution in [0.15, 0.2) is 42.5 Å². The first-order valence-corrected chi connectivity index (χ1v) is 10.4. The average Bonchev–Trinajstić information content (AvgIpc) is 2.76. The highest BCUT2D eigenvalue weighted by Gasteiger charge is 2.24. The smallest absolute Gasteiger partial charge is 0.241 e. The number of carbonyl (C=O) groups is 1. The molecule has 0 atom stereocenters. The number of ether oxygens (including phenoxy) is 1. The van der Waals surface area contributed by atoms with Gasteiger partial charge < -0.3 is 14.5 Å². The predicted molar refractivity (Wildman–Crippen MR) is 120 cm³/mol. The lowest BCUT2D eigenvalue weighted by molar-refractivity contribution is -0.119. The van der Waals surface area contributed by atoms with Crippen molar-refractivity contribution in [1.82, 2.24) is 4.90 Å². The number of nitrogens with zero attached hydrogens (tertiary/aromatic N) is 4. The molecule has 1 fully saturated rings. The fourth-order valence-corrected chi connectivity index (χ4v) is 3.91. The molecule has 158 valence electrons. The van der Waals surface area contributed by atoms with Gasteiger partial charge in [-0.05, 0) is 36.8 Å². The lowest BCUT2D eigenvalue weighted by atomic mass is 10.1. The molecule has 6 nitrogen and oxygen atoms in total. The quantitative estimate of drug-likeness (QED) is 0.675. The number of carbonyl (C=O) groups excluding carboxylic acids is 1. The second kappa shape index (κ2) is 10.3. The van der Waals surface area contributed by atoms with E-state index in [2.05, 4.69) is 22.8 Å². The Hall–Kier alpha value is -2.75. The number of amides is 1. The van der Waals surface area contributed by atoms with Crippen molar-refractivity contribution in [3.63, 3.8) is 0 Å². The van der Waals surface area contributed by atoms with E-state index in [0.29, 0.717) is 24.5 Å². The molecule has 0 bridgehead atoms. The first-order chi connectivity index (χ1) is 14.5. The number of methoxy groups -OCH3 is 1. The van der Waals surface area contributed by atoms with Gasteiger partial charge in [-0.25, -0.2) is 0 Å². The molecule has 2 aromatic rings. The fraction of sp³-hybridized carbons (Fsp3) is 0.391. The molecule has 0 unspecified atom stereocenters. The summed E-state index contributed by atoms with van der Waals surface area (Å²) in [5.41, 5.74) is 3.05. The van der Waals surface area contributed by atoms with Crippen LogP contribution in [0.4, 0.5) is 11.4 Å². The maximum absolute atomic E-state index is 13.1. The first-order valence-electron chi connectivity index (χ1n) is 10.1. The molecule has 0 aromatic heterocycles. The van der Waals surface area contributed by atoms with Gasteiger partial charge in [0.15, 0.2) is 0 Å². The molecule has 0 radical (unpaired) electrons. The van der Waals surface area contributed by atoms with Gasteiger partial charge in [0.2, 0.25) is 5.91 Å². The summed E-state index contributed by atoms with van der Waals surface area (Å²) in [6.45, 7) is 5.99. The third-order valence-corrected chi connectivity index (χ3v) is 5.60. The van der Waals surface area contributed by atoms with Gasteiger partial charge in [0, 0.05) is 43.4 Å². The normalized spacial score (nSPS) is 14.3. The zero-order valence-corrected chi connectivity index (χ0v) is 18.2. The monoisotopic (exact) mass is 426 g/mol. The van der Waals surface area contributed by atoms with Gasteiger partial charge in [0.25, 0.3) is 0 Å². The number of hydrogen-bond donors (Lipinski definition) is 0. The van der Waals surface area contributed by atoms with E-state index in [0.717, 1.165) is 36.9 Å². The molecule has 7 heteroatoms. The van der Waals surface area contributed by atoms with Crippen molar-refractivity contribution in [3.05, 3.63) is 53.1 Å². The van der Waals surface area contributed by atoms with Crippen molar-refractivity contribution in [1.29, 1.82) is 5.26 Å². The minimum Gasteiger partial charge on any atom is -0.495 e. The van der Waals surface area contributed by atoms with E-state index < -0.39 is 0 Å². The zero-order chi connectivity index (χ0) is 21.5. The number of benzene rings is 2. The van der Waals surface area contributed by atoms with E-state index in [1.807, 2.05) is 42.5 Å². The van der Waals surface area contributed by atoms with Gasteiger partial charge in [-0.2, -0.15) is 5.26 Å².